The number of aromatic amines is 1. The van der Waals surface area contributed by atoms with Crippen LogP contribution >= 0.6 is 27.5 Å². The van der Waals surface area contributed by atoms with E-state index in [0.29, 0.717) is 10.7 Å². The molecule has 2 rings (SSSR count). The third kappa shape index (κ3) is 2.80. The van der Waals surface area contributed by atoms with Gasteiger partial charge >= 0.3 is 0 Å². The Morgan fingerprint density at radius 2 is 2.18 bits per heavy atom. The van der Waals surface area contributed by atoms with E-state index in [9.17, 15) is 8.42 Å². The highest BCUT2D eigenvalue weighted by Crippen LogP contribution is 2.27. The molecule has 0 atom stereocenters. The van der Waals surface area contributed by atoms with Gasteiger partial charge in [-0.1, -0.05) is 27.5 Å². The van der Waals surface area contributed by atoms with Crippen molar-refractivity contribution in [1.82, 2.24) is 9.97 Å². The lowest BCUT2D eigenvalue weighted by Gasteiger charge is -2.08. The van der Waals surface area contributed by atoms with Crippen LogP contribution in [0.4, 0.5) is 5.69 Å². The lowest BCUT2D eigenvalue weighted by atomic mass is 10.3. The molecule has 0 aliphatic heterocycles. The summed E-state index contributed by atoms with van der Waals surface area (Å²) in [5.74, 6) is 0. The number of sulfonamides is 1. The topological polar surface area (TPSA) is 74.8 Å². The number of H-pyrrole nitrogens is 1. The Morgan fingerprint density at radius 3 is 2.76 bits per heavy atom. The number of aromatic nitrogens is 2. The maximum absolute atomic E-state index is 11.8. The molecule has 90 valence electrons. The van der Waals surface area contributed by atoms with E-state index >= 15 is 0 Å². The zero-order chi connectivity index (χ0) is 12.5. The number of rotatable bonds is 3. The summed E-state index contributed by atoms with van der Waals surface area (Å²) < 4.78 is 26.8. The molecular weight excluding hydrogens is 330 g/mol. The number of nitrogens with zero attached hydrogens (tertiary/aromatic N) is 1. The van der Waals surface area contributed by atoms with Crippen molar-refractivity contribution in [2.24, 2.45) is 0 Å². The van der Waals surface area contributed by atoms with Crippen LogP contribution in [0.25, 0.3) is 0 Å². The minimum absolute atomic E-state index is 0.0171. The molecule has 0 aliphatic rings. The number of anilines is 1. The van der Waals surface area contributed by atoms with Crippen LogP contribution in [0.3, 0.4) is 0 Å². The molecule has 0 bridgehead atoms. The third-order valence-corrected chi connectivity index (χ3v) is 4.03. The SMILES string of the molecule is O=S(=O)(Nc1ccc(Br)cc1Cl)c1cnc[nH]1. The molecular formula is C9H7BrClN3O2S. The Bertz CT molecular complexity index is 628. The molecule has 8 heteroatoms. The van der Waals surface area contributed by atoms with Crippen LogP contribution in [0.1, 0.15) is 0 Å². The highest BCUT2D eigenvalue weighted by molar-refractivity contribution is 9.10. The fourth-order valence-corrected chi connectivity index (χ4v) is 2.92. The fourth-order valence-electron chi connectivity index (χ4n) is 1.16. The standard InChI is InChI=1S/C9H7BrClN3O2S/c10-6-1-2-8(7(11)3-6)14-17(15,16)9-4-12-5-13-9/h1-5,14H,(H,12,13). The average molecular weight is 337 g/mol. The van der Waals surface area contributed by atoms with Gasteiger partial charge in [0.1, 0.15) is 0 Å². The van der Waals surface area contributed by atoms with Gasteiger partial charge in [-0.05, 0) is 18.2 Å². The second-order valence-electron chi connectivity index (χ2n) is 3.15. The number of halogens is 2. The van der Waals surface area contributed by atoms with Gasteiger partial charge in [-0.2, -0.15) is 8.42 Å². The Hall–Kier alpha value is -1.05. The van der Waals surface area contributed by atoms with Crippen LogP contribution in [0.15, 0.2) is 40.2 Å². The highest BCUT2D eigenvalue weighted by atomic mass is 79.9. The molecule has 2 aromatic rings. The van der Waals surface area contributed by atoms with Gasteiger partial charge in [-0.25, -0.2) is 4.98 Å². The Balaban J connectivity index is 2.33. The van der Waals surface area contributed by atoms with Crippen LogP contribution in [0, 0.1) is 0 Å². The second-order valence-corrected chi connectivity index (χ2v) is 6.12. The quantitative estimate of drug-likeness (QED) is 0.905. The van der Waals surface area contributed by atoms with Gasteiger partial charge < -0.3 is 4.98 Å². The first-order valence-corrected chi connectivity index (χ1v) is 7.11. The summed E-state index contributed by atoms with van der Waals surface area (Å²) in [4.78, 5) is 6.17. The first-order chi connectivity index (χ1) is 7.99. The maximum atomic E-state index is 11.8. The lowest BCUT2D eigenvalue weighted by Crippen LogP contribution is -2.13. The molecule has 1 heterocycles. The molecule has 0 radical (unpaired) electrons. The Morgan fingerprint density at radius 1 is 1.41 bits per heavy atom. The van der Waals surface area contributed by atoms with Crippen molar-refractivity contribution in [3.63, 3.8) is 0 Å². The summed E-state index contributed by atoms with van der Waals surface area (Å²) in [6.07, 6.45) is 2.51. The van der Waals surface area contributed by atoms with Gasteiger partial charge in [0, 0.05) is 4.47 Å². The van der Waals surface area contributed by atoms with E-state index in [1.54, 1.807) is 18.2 Å². The summed E-state index contributed by atoms with van der Waals surface area (Å²) in [6, 6.07) is 4.86. The summed E-state index contributed by atoms with van der Waals surface area (Å²) in [5, 5.41) is 0.291. The van der Waals surface area contributed by atoms with Gasteiger partial charge in [0.05, 0.1) is 23.2 Å². The molecule has 0 aliphatic carbocycles. The van der Waals surface area contributed by atoms with Crippen LogP contribution in [0.2, 0.25) is 5.02 Å². The van der Waals surface area contributed by atoms with Gasteiger partial charge in [-0.15, -0.1) is 0 Å². The largest absolute Gasteiger partial charge is 0.334 e. The minimum atomic E-state index is -3.67. The predicted octanol–water partition coefficient (Wildman–Crippen LogP) is 2.63. The van der Waals surface area contributed by atoms with Crippen molar-refractivity contribution in [3.8, 4) is 0 Å². The molecule has 17 heavy (non-hydrogen) atoms. The van der Waals surface area contributed by atoms with E-state index in [1.807, 2.05) is 0 Å². The van der Waals surface area contributed by atoms with E-state index in [-0.39, 0.29) is 5.03 Å². The van der Waals surface area contributed by atoms with Crippen LogP contribution in [-0.2, 0) is 10.0 Å². The van der Waals surface area contributed by atoms with Gasteiger partial charge in [0.15, 0.2) is 5.03 Å². The monoisotopic (exact) mass is 335 g/mol. The predicted molar refractivity (Wildman–Crippen MR) is 68.5 cm³/mol. The number of hydrogen-bond acceptors (Lipinski definition) is 3. The van der Waals surface area contributed by atoms with Crippen molar-refractivity contribution in [1.29, 1.82) is 0 Å². The molecule has 1 aromatic heterocycles. The van der Waals surface area contributed by atoms with Gasteiger partial charge in [-0.3, -0.25) is 4.72 Å². The fraction of sp³-hybridized carbons (Fsp3) is 0. The molecule has 2 N–H and O–H groups in total. The number of hydrogen-bond donors (Lipinski definition) is 2. The summed E-state index contributed by atoms with van der Waals surface area (Å²) in [5.41, 5.74) is 0.310. The van der Waals surface area contributed by atoms with Crippen molar-refractivity contribution in [2.75, 3.05) is 4.72 Å². The third-order valence-electron chi connectivity index (χ3n) is 1.94. The molecule has 0 saturated carbocycles. The van der Waals surface area contributed by atoms with Crippen LogP contribution < -0.4 is 4.72 Å². The molecule has 0 amide bonds. The first kappa shape index (κ1) is 12.4. The number of nitrogens with one attached hydrogen (secondary N) is 2. The number of benzene rings is 1. The van der Waals surface area contributed by atoms with E-state index in [0.717, 1.165) is 4.47 Å². The smallest absolute Gasteiger partial charge is 0.279 e. The minimum Gasteiger partial charge on any atom is -0.334 e. The highest BCUT2D eigenvalue weighted by Gasteiger charge is 2.16. The molecule has 0 spiro atoms. The van der Waals surface area contributed by atoms with E-state index in [1.165, 1.54) is 12.5 Å². The van der Waals surface area contributed by atoms with Gasteiger partial charge in [0.2, 0.25) is 0 Å². The van der Waals surface area contributed by atoms with Crippen molar-refractivity contribution >= 4 is 43.2 Å². The van der Waals surface area contributed by atoms with Crippen LogP contribution in [0.5, 0.6) is 0 Å². The normalized spacial score (nSPS) is 11.4. The molecule has 1 aromatic carbocycles. The summed E-state index contributed by atoms with van der Waals surface area (Å²) >= 11 is 9.15. The number of imidazole rings is 1. The molecule has 5 nitrogen and oxygen atoms in total. The second kappa shape index (κ2) is 4.67. The van der Waals surface area contributed by atoms with E-state index < -0.39 is 10.0 Å². The van der Waals surface area contributed by atoms with Crippen molar-refractivity contribution in [3.05, 3.63) is 40.2 Å². The van der Waals surface area contributed by atoms with Crippen molar-refractivity contribution in [2.45, 2.75) is 5.03 Å². The zero-order valence-corrected chi connectivity index (χ0v) is 11.5. The zero-order valence-electron chi connectivity index (χ0n) is 8.31. The molecule has 0 fully saturated rings. The molecule has 0 saturated heterocycles. The van der Waals surface area contributed by atoms with E-state index in [4.69, 9.17) is 11.6 Å². The molecule has 0 unspecified atom stereocenters. The first-order valence-electron chi connectivity index (χ1n) is 4.45. The van der Waals surface area contributed by atoms with Crippen LogP contribution in [-0.4, -0.2) is 18.4 Å². The van der Waals surface area contributed by atoms with Gasteiger partial charge in [0.25, 0.3) is 10.0 Å². The van der Waals surface area contributed by atoms with E-state index in [2.05, 4.69) is 30.6 Å². The Kier molecular flexibility index (Phi) is 3.41. The lowest BCUT2D eigenvalue weighted by molar-refractivity contribution is 0.598. The summed E-state index contributed by atoms with van der Waals surface area (Å²) in [7, 11) is -3.67. The Labute approximate surface area is 111 Å². The summed E-state index contributed by atoms with van der Waals surface area (Å²) in [6.45, 7) is 0. The maximum Gasteiger partial charge on any atom is 0.279 e. The average Bonchev–Trinajstić information content (AvgIpc) is 2.76. The van der Waals surface area contributed by atoms with Crippen molar-refractivity contribution < 1.29 is 8.42 Å².